The Labute approximate surface area is 81.4 Å². The van der Waals surface area contributed by atoms with Crippen LogP contribution in [0.2, 0.25) is 0 Å². The minimum atomic E-state index is -0.251. The molecule has 1 atom stereocenters. The molecule has 0 saturated carbocycles. The molecule has 1 aliphatic heterocycles. The van der Waals surface area contributed by atoms with Crippen LogP contribution >= 0.6 is 0 Å². The van der Waals surface area contributed by atoms with Crippen LogP contribution in [0.3, 0.4) is 0 Å². The highest BCUT2D eigenvalue weighted by atomic mass is 16.7. The number of rotatable bonds is 3. The van der Waals surface area contributed by atoms with Crippen molar-refractivity contribution in [1.29, 1.82) is 0 Å². The van der Waals surface area contributed by atoms with Gasteiger partial charge in [-0.1, -0.05) is 6.07 Å². The summed E-state index contributed by atoms with van der Waals surface area (Å²) >= 11 is 0. The Balaban J connectivity index is 2.15. The molecule has 0 amide bonds. The van der Waals surface area contributed by atoms with Gasteiger partial charge in [-0.3, -0.25) is 0 Å². The summed E-state index contributed by atoms with van der Waals surface area (Å²) < 4.78 is 15.2. The number of hydrogen-bond donors (Lipinski definition) is 0. The number of benzene rings is 1. The summed E-state index contributed by atoms with van der Waals surface area (Å²) in [7, 11) is 0. The first-order valence-electron chi connectivity index (χ1n) is 4.25. The SMILES string of the molecule is CC1Oc2ccc(CO[C]=O)cc2O1. The van der Waals surface area contributed by atoms with Crippen molar-refractivity contribution in [2.75, 3.05) is 0 Å². The largest absolute Gasteiger partial charge is 0.452 e. The van der Waals surface area contributed by atoms with Gasteiger partial charge in [0.15, 0.2) is 11.5 Å². The van der Waals surface area contributed by atoms with Crippen LogP contribution in [0.25, 0.3) is 0 Å². The molecule has 1 heterocycles. The third-order valence-electron chi connectivity index (χ3n) is 1.89. The van der Waals surface area contributed by atoms with Crippen molar-refractivity contribution in [3.8, 4) is 11.5 Å². The Hall–Kier alpha value is -1.71. The van der Waals surface area contributed by atoms with Crippen molar-refractivity contribution in [3.63, 3.8) is 0 Å². The summed E-state index contributed by atoms with van der Waals surface area (Å²) in [6, 6.07) is 5.40. The van der Waals surface area contributed by atoms with E-state index in [2.05, 4.69) is 4.74 Å². The van der Waals surface area contributed by atoms with Gasteiger partial charge in [0.05, 0.1) is 0 Å². The highest BCUT2D eigenvalue weighted by Gasteiger charge is 2.19. The number of hydrogen-bond acceptors (Lipinski definition) is 4. The van der Waals surface area contributed by atoms with Crippen molar-refractivity contribution in [2.45, 2.75) is 19.8 Å². The zero-order valence-electron chi connectivity index (χ0n) is 7.65. The fourth-order valence-electron chi connectivity index (χ4n) is 1.33. The smallest absolute Gasteiger partial charge is 0.417 e. The zero-order chi connectivity index (χ0) is 9.97. The van der Waals surface area contributed by atoms with Crippen LogP contribution in [-0.4, -0.2) is 12.8 Å². The average Bonchev–Trinajstić information content (AvgIpc) is 2.54. The maximum Gasteiger partial charge on any atom is 0.417 e. The Morgan fingerprint density at radius 3 is 3.00 bits per heavy atom. The molecule has 14 heavy (non-hydrogen) atoms. The zero-order valence-corrected chi connectivity index (χ0v) is 7.65. The number of carbonyl (C=O) groups excluding carboxylic acids is 1. The second-order valence-electron chi connectivity index (χ2n) is 2.96. The molecule has 0 spiro atoms. The summed E-state index contributed by atoms with van der Waals surface area (Å²) in [5, 5.41) is 0. The first kappa shape index (κ1) is 8.87. The Morgan fingerprint density at radius 1 is 1.43 bits per heavy atom. The molecule has 73 valence electrons. The molecule has 2 rings (SSSR count). The van der Waals surface area contributed by atoms with Gasteiger partial charge in [0.2, 0.25) is 6.29 Å². The fraction of sp³-hybridized carbons (Fsp3) is 0.300. The monoisotopic (exact) mass is 193 g/mol. The Bertz CT molecular complexity index is 348. The molecule has 0 saturated heterocycles. The maximum atomic E-state index is 9.86. The third kappa shape index (κ3) is 1.64. The minimum Gasteiger partial charge on any atom is -0.452 e. The van der Waals surface area contributed by atoms with E-state index >= 15 is 0 Å². The summed E-state index contributed by atoms with van der Waals surface area (Å²) in [6.45, 7) is 3.39. The van der Waals surface area contributed by atoms with Crippen molar-refractivity contribution < 1.29 is 19.0 Å². The third-order valence-corrected chi connectivity index (χ3v) is 1.89. The van der Waals surface area contributed by atoms with Gasteiger partial charge in [0.25, 0.3) is 0 Å². The molecule has 1 radical (unpaired) electrons. The molecule has 0 aliphatic carbocycles. The molecule has 1 aromatic carbocycles. The van der Waals surface area contributed by atoms with Gasteiger partial charge in [-0.05, 0) is 17.7 Å². The van der Waals surface area contributed by atoms with Crippen molar-refractivity contribution in [1.82, 2.24) is 0 Å². The van der Waals surface area contributed by atoms with Crippen LogP contribution in [0.5, 0.6) is 11.5 Å². The second kappa shape index (κ2) is 3.57. The van der Waals surface area contributed by atoms with Crippen LogP contribution < -0.4 is 9.47 Å². The molecule has 0 fully saturated rings. The van der Waals surface area contributed by atoms with E-state index in [-0.39, 0.29) is 12.9 Å². The molecular weight excluding hydrogens is 184 g/mol. The molecule has 1 unspecified atom stereocenters. The van der Waals surface area contributed by atoms with E-state index in [1.165, 1.54) is 6.47 Å². The molecule has 1 aromatic rings. The topological polar surface area (TPSA) is 44.8 Å². The lowest BCUT2D eigenvalue weighted by Gasteiger charge is -2.00. The molecule has 4 nitrogen and oxygen atoms in total. The van der Waals surface area contributed by atoms with Gasteiger partial charge in [0, 0.05) is 6.92 Å². The maximum absolute atomic E-state index is 9.86. The lowest BCUT2D eigenvalue weighted by molar-refractivity contribution is 0.0678. The van der Waals surface area contributed by atoms with Crippen LogP contribution in [0.1, 0.15) is 12.5 Å². The normalized spacial score (nSPS) is 17.9. The van der Waals surface area contributed by atoms with E-state index in [0.717, 1.165) is 11.3 Å². The van der Waals surface area contributed by atoms with Crippen molar-refractivity contribution >= 4 is 6.47 Å². The predicted octanol–water partition coefficient (Wildman–Crippen LogP) is 1.39. The lowest BCUT2D eigenvalue weighted by atomic mass is 10.2. The fourth-order valence-corrected chi connectivity index (χ4v) is 1.33. The first-order chi connectivity index (χ1) is 6.79. The molecule has 0 aromatic heterocycles. The van der Waals surface area contributed by atoms with Gasteiger partial charge < -0.3 is 14.2 Å². The summed E-state index contributed by atoms with van der Waals surface area (Å²) in [5.74, 6) is 1.40. The van der Waals surface area contributed by atoms with Crippen LogP contribution in [0, 0.1) is 0 Å². The van der Waals surface area contributed by atoms with Crippen LogP contribution in [0.15, 0.2) is 18.2 Å². The quantitative estimate of drug-likeness (QED) is 0.727. The van der Waals surface area contributed by atoms with Gasteiger partial charge in [0.1, 0.15) is 6.61 Å². The number of fused-ring (bicyclic) bond motifs is 1. The average molecular weight is 193 g/mol. The molecular formula is C10H9O4. The molecule has 1 aliphatic rings. The number of ether oxygens (including phenoxy) is 3. The van der Waals surface area contributed by atoms with E-state index in [9.17, 15) is 4.79 Å². The minimum absolute atomic E-state index is 0.203. The molecule has 4 heteroatoms. The summed E-state index contributed by atoms with van der Waals surface area (Å²) in [6.07, 6.45) is -0.251. The van der Waals surface area contributed by atoms with E-state index < -0.39 is 0 Å². The van der Waals surface area contributed by atoms with Crippen molar-refractivity contribution in [3.05, 3.63) is 23.8 Å². The highest BCUT2D eigenvalue weighted by molar-refractivity contribution is 5.45. The predicted molar refractivity (Wildman–Crippen MR) is 47.6 cm³/mol. The van der Waals surface area contributed by atoms with E-state index in [0.29, 0.717) is 5.75 Å². The van der Waals surface area contributed by atoms with E-state index in [1.807, 2.05) is 13.0 Å². The van der Waals surface area contributed by atoms with Crippen molar-refractivity contribution in [2.24, 2.45) is 0 Å². The lowest BCUT2D eigenvalue weighted by Crippen LogP contribution is -2.11. The Morgan fingerprint density at radius 2 is 2.21 bits per heavy atom. The van der Waals surface area contributed by atoms with Gasteiger partial charge in [-0.15, -0.1) is 0 Å². The highest BCUT2D eigenvalue weighted by Crippen LogP contribution is 2.35. The summed E-state index contributed by atoms with van der Waals surface area (Å²) in [4.78, 5) is 9.86. The van der Waals surface area contributed by atoms with E-state index in [4.69, 9.17) is 9.47 Å². The van der Waals surface area contributed by atoms with Gasteiger partial charge in [-0.2, -0.15) is 0 Å². The molecule has 0 bridgehead atoms. The standard InChI is InChI=1S/C10H9O4/c1-7-13-9-3-2-8(5-12-6-11)4-10(9)14-7/h2-4,7H,5H2,1H3. The Kier molecular flexibility index (Phi) is 2.26. The first-order valence-corrected chi connectivity index (χ1v) is 4.25. The van der Waals surface area contributed by atoms with Gasteiger partial charge >= 0.3 is 6.47 Å². The van der Waals surface area contributed by atoms with Crippen LogP contribution in [0.4, 0.5) is 0 Å². The second-order valence-corrected chi connectivity index (χ2v) is 2.96. The van der Waals surface area contributed by atoms with E-state index in [1.54, 1.807) is 12.1 Å². The molecule has 0 N–H and O–H groups in total. The van der Waals surface area contributed by atoms with Gasteiger partial charge in [-0.25, -0.2) is 4.79 Å². The van der Waals surface area contributed by atoms with Crippen LogP contribution in [-0.2, 0) is 16.1 Å². The summed E-state index contributed by atoms with van der Waals surface area (Å²) in [5.41, 5.74) is 0.852.